The maximum Gasteiger partial charge on any atom is 0.139 e. The number of rotatable bonds is 4. The molecule has 2 aliphatic heterocycles. The van der Waals surface area contributed by atoms with Gasteiger partial charge in [-0.3, -0.25) is 0 Å². The number of pyridine rings is 1. The van der Waals surface area contributed by atoms with Crippen molar-refractivity contribution in [2.24, 2.45) is 17.8 Å². The molecule has 2 aliphatic rings. The van der Waals surface area contributed by atoms with E-state index in [-0.39, 0.29) is 5.92 Å². The average molecular weight is 379 g/mol. The van der Waals surface area contributed by atoms with Gasteiger partial charge in [-0.05, 0) is 30.4 Å². The van der Waals surface area contributed by atoms with E-state index in [1.165, 1.54) is 11.1 Å². The molecule has 0 spiro atoms. The van der Waals surface area contributed by atoms with Gasteiger partial charge in [-0.25, -0.2) is 4.98 Å². The minimum atomic E-state index is 0.109. The Labute approximate surface area is 167 Å². The normalized spacial score (nSPS) is 27.8. The van der Waals surface area contributed by atoms with E-state index in [0.29, 0.717) is 17.9 Å². The number of nitrogens with zero attached hydrogens (tertiary/aromatic N) is 5. The number of fused-ring (bicyclic) bond motifs is 1. The van der Waals surface area contributed by atoms with Gasteiger partial charge >= 0.3 is 0 Å². The van der Waals surface area contributed by atoms with Crippen molar-refractivity contribution < 1.29 is 0 Å². The molecule has 0 amide bonds. The highest BCUT2D eigenvalue weighted by molar-refractivity contribution is 5.89. The molecule has 148 valence electrons. The van der Waals surface area contributed by atoms with Crippen LogP contribution in [0, 0.1) is 29.1 Å². The SMILES string of the molecule is C=C(N1CC(C)C(C#N)C1)N1CC[C@@H](C)[C@@H](N(C)c2ccnc3[nH]ccc23)C1. The van der Waals surface area contributed by atoms with Gasteiger partial charge in [0.2, 0.25) is 0 Å². The highest BCUT2D eigenvalue weighted by atomic mass is 15.4. The van der Waals surface area contributed by atoms with E-state index in [9.17, 15) is 5.26 Å². The van der Waals surface area contributed by atoms with Crippen LogP contribution in [0.4, 0.5) is 5.69 Å². The zero-order valence-electron chi connectivity index (χ0n) is 17.1. The van der Waals surface area contributed by atoms with Gasteiger partial charge in [0.05, 0.1) is 17.8 Å². The number of likely N-dealkylation sites (tertiary alicyclic amines) is 2. The summed E-state index contributed by atoms with van der Waals surface area (Å²) >= 11 is 0. The Balaban J connectivity index is 1.51. The molecule has 1 N–H and O–H groups in total. The first-order valence-corrected chi connectivity index (χ1v) is 10.2. The molecule has 0 bridgehead atoms. The van der Waals surface area contributed by atoms with E-state index >= 15 is 0 Å². The molecule has 2 unspecified atom stereocenters. The van der Waals surface area contributed by atoms with Crippen molar-refractivity contribution in [3.8, 4) is 6.07 Å². The van der Waals surface area contributed by atoms with Crippen LogP contribution in [0.2, 0.25) is 0 Å². The Morgan fingerprint density at radius 2 is 2.07 bits per heavy atom. The first-order chi connectivity index (χ1) is 13.5. The van der Waals surface area contributed by atoms with E-state index in [2.05, 4.69) is 70.3 Å². The second kappa shape index (κ2) is 7.38. The average Bonchev–Trinajstić information content (AvgIpc) is 3.33. The maximum absolute atomic E-state index is 9.36. The minimum absolute atomic E-state index is 0.109. The molecule has 2 saturated heterocycles. The second-order valence-corrected chi connectivity index (χ2v) is 8.49. The largest absolute Gasteiger partial charge is 0.369 e. The van der Waals surface area contributed by atoms with Gasteiger partial charge < -0.3 is 19.7 Å². The smallest absolute Gasteiger partial charge is 0.139 e. The molecule has 4 atom stereocenters. The molecule has 0 saturated carbocycles. The number of nitrogens with one attached hydrogen (secondary N) is 1. The summed E-state index contributed by atoms with van der Waals surface area (Å²) in [5, 5.41) is 10.5. The van der Waals surface area contributed by atoms with Gasteiger partial charge in [0, 0.05) is 62.7 Å². The first kappa shape index (κ1) is 18.7. The standard InChI is InChI=1S/C22H30N6/c1-15-7-10-27(17(3)28-12-16(2)18(11-23)13-28)14-21(15)26(4)20-6-9-25-22-19(20)5-8-24-22/h5-6,8-9,15-16,18,21H,3,7,10,12-14H2,1-2,4H3,(H,24,25)/t15-,16?,18?,21+/m1/s1. The van der Waals surface area contributed by atoms with E-state index in [1.54, 1.807) is 0 Å². The van der Waals surface area contributed by atoms with E-state index in [4.69, 9.17) is 0 Å². The van der Waals surface area contributed by atoms with Crippen molar-refractivity contribution in [1.29, 1.82) is 5.26 Å². The lowest BCUT2D eigenvalue weighted by molar-refractivity contribution is 0.156. The number of aromatic nitrogens is 2. The summed E-state index contributed by atoms with van der Waals surface area (Å²) in [6, 6.07) is 7.06. The number of aromatic amines is 1. The molecule has 4 rings (SSSR count). The Hall–Kier alpha value is -2.68. The number of likely N-dealkylation sites (N-methyl/N-ethyl adjacent to an activating group) is 1. The molecule has 6 nitrogen and oxygen atoms in total. The van der Waals surface area contributed by atoms with Gasteiger partial charge in [0.15, 0.2) is 0 Å². The molecule has 0 aliphatic carbocycles. The van der Waals surface area contributed by atoms with Gasteiger partial charge in [0.1, 0.15) is 5.65 Å². The second-order valence-electron chi connectivity index (χ2n) is 8.49. The van der Waals surface area contributed by atoms with Crippen LogP contribution in [0.15, 0.2) is 36.9 Å². The molecule has 4 heterocycles. The lowest BCUT2D eigenvalue weighted by Gasteiger charge is -2.45. The molecular formula is C22H30N6. The van der Waals surface area contributed by atoms with E-state index in [0.717, 1.165) is 44.1 Å². The van der Waals surface area contributed by atoms with E-state index in [1.807, 2.05) is 12.4 Å². The Bertz CT molecular complexity index is 896. The number of hydrogen-bond donors (Lipinski definition) is 1. The molecule has 6 heteroatoms. The van der Waals surface area contributed by atoms with Crippen LogP contribution in [-0.2, 0) is 0 Å². The molecule has 28 heavy (non-hydrogen) atoms. The van der Waals surface area contributed by atoms with Crippen molar-refractivity contribution in [3.05, 3.63) is 36.9 Å². The van der Waals surface area contributed by atoms with Crippen molar-refractivity contribution in [3.63, 3.8) is 0 Å². The van der Waals surface area contributed by atoms with Crippen molar-refractivity contribution in [2.75, 3.05) is 38.1 Å². The van der Waals surface area contributed by atoms with Crippen LogP contribution in [-0.4, -0.2) is 59.0 Å². The van der Waals surface area contributed by atoms with Crippen LogP contribution in [0.1, 0.15) is 20.3 Å². The molecule has 2 aromatic rings. The molecule has 0 aromatic carbocycles. The Morgan fingerprint density at radius 3 is 2.82 bits per heavy atom. The lowest BCUT2D eigenvalue weighted by Crippen LogP contribution is -2.52. The Morgan fingerprint density at radius 1 is 1.25 bits per heavy atom. The number of piperidine rings is 1. The summed E-state index contributed by atoms with van der Waals surface area (Å²) in [6.07, 6.45) is 4.97. The summed E-state index contributed by atoms with van der Waals surface area (Å²) in [5.74, 6) is 2.19. The number of nitriles is 1. The minimum Gasteiger partial charge on any atom is -0.369 e. The van der Waals surface area contributed by atoms with E-state index < -0.39 is 0 Å². The third-order valence-electron chi connectivity index (χ3n) is 6.74. The van der Waals surface area contributed by atoms with Crippen LogP contribution in [0.3, 0.4) is 0 Å². The van der Waals surface area contributed by atoms with Crippen molar-refractivity contribution in [2.45, 2.75) is 26.3 Å². The summed E-state index contributed by atoms with van der Waals surface area (Å²) in [6.45, 7) is 12.6. The highest BCUT2D eigenvalue weighted by Gasteiger charge is 2.35. The Kier molecular flexibility index (Phi) is 4.92. The first-order valence-electron chi connectivity index (χ1n) is 10.2. The molecule has 0 radical (unpaired) electrons. The monoisotopic (exact) mass is 378 g/mol. The zero-order chi connectivity index (χ0) is 19.8. The zero-order valence-corrected chi connectivity index (χ0v) is 17.1. The number of H-pyrrole nitrogens is 1. The van der Waals surface area contributed by atoms with Crippen LogP contribution >= 0.6 is 0 Å². The van der Waals surface area contributed by atoms with Gasteiger partial charge in [-0.15, -0.1) is 0 Å². The third kappa shape index (κ3) is 3.19. The quantitative estimate of drug-likeness (QED) is 0.885. The number of anilines is 1. The summed E-state index contributed by atoms with van der Waals surface area (Å²) in [4.78, 5) is 14.8. The predicted octanol–water partition coefficient (Wildman–Crippen LogP) is 3.27. The number of hydrogen-bond acceptors (Lipinski definition) is 5. The summed E-state index contributed by atoms with van der Waals surface area (Å²) in [5.41, 5.74) is 2.15. The van der Waals surface area contributed by atoms with Gasteiger partial charge in [0.25, 0.3) is 0 Å². The fourth-order valence-corrected chi connectivity index (χ4v) is 4.77. The molecular weight excluding hydrogens is 348 g/mol. The molecule has 2 aromatic heterocycles. The van der Waals surface area contributed by atoms with Gasteiger partial charge in [-0.2, -0.15) is 5.26 Å². The van der Waals surface area contributed by atoms with Crippen LogP contribution in [0.5, 0.6) is 0 Å². The fourth-order valence-electron chi connectivity index (χ4n) is 4.77. The summed E-state index contributed by atoms with van der Waals surface area (Å²) < 4.78 is 0. The predicted molar refractivity (Wildman–Crippen MR) is 113 cm³/mol. The van der Waals surface area contributed by atoms with Crippen LogP contribution in [0.25, 0.3) is 11.0 Å². The highest BCUT2D eigenvalue weighted by Crippen LogP contribution is 2.33. The topological polar surface area (TPSA) is 62.2 Å². The molecule has 2 fully saturated rings. The van der Waals surface area contributed by atoms with Crippen LogP contribution < -0.4 is 4.90 Å². The third-order valence-corrected chi connectivity index (χ3v) is 6.74. The van der Waals surface area contributed by atoms with Crippen molar-refractivity contribution >= 4 is 16.7 Å². The van der Waals surface area contributed by atoms with Gasteiger partial charge in [-0.1, -0.05) is 20.4 Å². The van der Waals surface area contributed by atoms with Crippen molar-refractivity contribution in [1.82, 2.24) is 19.8 Å². The fraction of sp³-hybridized carbons (Fsp3) is 0.545. The maximum atomic E-state index is 9.36. The lowest BCUT2D eigenvalue weighted by atomic mass is 9.92. The summed E-state index contributed by atoms with van der Waals surface area (Å²) in [7, 11) is 2.19.